The monoisotopic (exact) mass is 282 g/mol. The van der Waals surface area contributed by atoms with Crippen LogP contribution in [0.1, 0.15) is 38.5 Å². The van der Waals surface area contributed by atoms with Gasteiger partial charge in [0.05, 0.1) is 11.8 Å². The molecule has 5 nitrogen and oxygen atoms in total. The Labute approximate surface area is 120 Å². The third kappa shape index (κ3) is 3.32. The van der Waals surface area contributed by atoms with Crippen molar-refractivity contribution in [3.63, 3.8) is 0 Å². The average molecular weight is 282 g/mol. The molecule has 1 amide bonds. The van der Waals surface area contributed by atoms with Gasteiger partial charge >= 0.3 is 5.97 Å². The number of nitrogens with zero attached hydrogens (tertiary/aromatic N) is 2. The minimum Gasteiger partial charge on any atom is -0.481 e. The van der Waals surface area contributed by atoms with E-state index < -0.39 is 11.9 Å². The van der Waals surface area contributed by atoms with Crippen LogP contribution >= 0.6 is 0 Å². The van der Waals surface area contributed by atoms with Crippen LogP contribution in [0.4, 0.5) is 0 Å². The number of carbonyl (C=O) groups excluding carboxylic acids is 1. The molecule has 5 heteroatoms. The number of hydrogen-bond acceptors (Lipinski definition) is 3. The van der Waals surface area contributed by atoms with Crippen LogP contribution in [-0.2, 0) is 9.59 Å². The Bertz CT molecular complexity index is 370. The maximum absolute atomic E-state index is 12.7. The number of likely N-dealkylation sites (tertiary alicyclic amines) is 1. The highest BCUT2D eigenvalue weighted by Gasteiger charge is 2.39. The van der Waals surface area contributed by atoms with E-state index in [1.54, 1.807) is 0 Å². The molecule has 3 atom stereocenters. The first kappa shape index (κ1) is 15.3. The summed E-state index contributed by atoms with van der Waals surface area (Å²) in [6.45, 7) is 1.53. The fraction of sp³-hybridized carbons (Fsp3) is 0.867. The summed E-state index contributed by atoms with van der Waals surface area (Å²) in [6.07, 6.45) is 5.42. The summed E-state index contributed by atoms with van der Waals surface area (Å²) in [5, 5.41) is 9.32. The quantitative estimate of drug-likeness (QED) is 0.850. The van der Waals surface area contributed by atoms with Crippen molar-refractivity contribution in [2.45, 2.75) is 44.6 Å². The molecule has 0 bridgehead atoms. The smallest absolute Gasteiger partial charge is 0.307 e. The van der Waals surface area contributed by atoms with Crippen molar-refractivity contribution < 1.29 is 14.7 Å². The van der Waals surface area contributed by atoms with Crippen LogP contribution < -0.4 is 0 Å². The Hall–Kier alpha value is -1.10. The molecule has 1 N–H and O–H groups in total. The van der Waals surface area contributed by atoms with E-state index in [1.165, 1.54) is 0 Å². The number of piperidine rings is 1. The second kappa shape index (κ2) is 6.57. The van der Waals surface area contributed by atoms with Gasteiger partial charge in [0.15, 0.2) is 0 Å². The second-order valence-corrected chi connectivity index (χ2v) is 6.38. The number of amides is 1. The van der Waals surface area contributed by atoms with Gasteiger partial charge < -0.3 is 14.9 Å². The molecule has 1 aliphatic heterocycles. The van der Waals surface area contributed by atoms with Gasteiger partial charge in [-0.3, -0.25) is 9.59 Å². The third-order valence-corrected chi connectivity index (χ3v) is 4.84. The normalized spacial score (nSPS) is 31.4. The lowest BCUT2D eigenvalue weighted by molar-refractivity contribution is -0.153. The molecule has 2 rings (SSSR count). The van der Waals surface area contributed by atoms with E-state index in [4.69, 9.17) is 0 Å². The van der Waals surface area contributed by atoms with E-state index in [0.717, 1.165) is 45.2 Å². The summed E-state index contributed by atoms with van der Waals surface area (Å²) < 4.78 is 0. The predicted molar refractivity (Wildman–Crippen MR) is 76.4 cm³/mol. The molecular formula is C15H26N2O3. The first-order chi connectivity index (χ1) is 9.50. The predicted octanol–water partition coefficient (Wildman–Crippen LogP) is 1.43. The highest BCUT2D eigenvalue weighted by Crippen LogP contribution is 2.32. The molecule has 0 aromatic heterocycles. The van der Waals surface area contributed by atoms with E-state index in [0.29, 0.717) is 12.5 Å². The van der Waals surface area contributed by atoms with Gasteiger partial charge in [-0.25, -0.2) is 0 Å². The molecule has 0 radical (unpaired) electrons. The molecule has 1 saturated heterocycles. The average Bonchev–Trinajstić information content (AvgIpc) is 2.46. The third-order valence-electron chi connectivity index (χ3n) is 4.84. The van der Waals surface area contributed by atoms with Gasteiger partial charge in [-0.1, -0.05) is 12.8 Å². The molecule has 2 fully saturated rings. The summed E-state index contributed by atoms with van der Waals surface area (Å²) in [6, 6.07) is 0.402. The Morgan fingerprint density at radius 2 is 1.70 bits per heavy atom. The van der Waals surface area contributed by atoms with E-state index in [-0.39, 0.29) is 11.8 Å². The van der Waals surface area contributed by atoms with Crippen molar-refractivity contribution in [2.75, 3.05) is 27.2 Å². The molecule has 20 heavy (non-hydrogen) atoms. The first-order valence-electron chi connectivity index (χ1n) is 7.68. The van der Waals surface area contributed by atoms with Crippen LogP contribution in [0, 0.1) is 11.8 Å². The molecule has 0 spiro atoms. The lowest BCUT2D eigenvalue weighted by Gasteiger charge is -2.39. The first-order valence-corrected chi connectivity index (χ1v) is 7.68. The molecule has 1 saturated carbocycles. The largest absolute Gasteiger partial charge is 0.481 e. The fourth-order valence-electron chi connectivity index (χ4n) is 3.53. The van der Waals surface area contributed by atoms with Crippen molar-refractivity contribution in [2.24, 2.45) is 11.8 Å². The summed E-state index contributed by atoms with van der Waals surface area (Å²) in [7, 11) is 4.08. The lowest BCUT2D eigenvalue weighted by Crippen LogP contribution is -2.51. The minimum absolute atomic E-state index is 0.0728. The van der Waals surface area contributed by atoms with E-state index >= 15 is 0 Å². The number of hydrogen-bond donors (Lipinski definition) is 1. The van der Waals surface area contributed by atoms with Crippen LogP contribution in [0.5, 0.6) is 0 Å². The highest BCUT2D eigenvalue weighted by molar-refractivity contribution is 5.85. The maximum Gasteiger partial charge on any atom is 0.307 e. The zero-order chi connectivity index (χ0) is 14.7. The number of aliphatic carboxylic acids is 1. The van der Waals surface area contributed by atoms with Crippen molar-refractivity contribution in [3.8, 4) is 0 Å². The number of carboxylic acids is 1. The van der Waals surface area contributed by atoms with E-state index in [2.05, 4.69) is 4.90 Å². The Kier molecular flexibility index (Phi) is 5.02. The second-order valence-electron chi connectivity index (χ2n) is 6.38. The van der Waals surface area contributed by atoms with Crippen LogP contribution in [0.3, 0.4) is 0 Å². The van der Waals surface area contributed by atoms with Gasteiger partial charge in [-0.05, 0) is 39.8 Å². The topological polar surface area (TPSA) is 60.9 Å². The zero-order valence-corrected chi connectivity index (χ0v) is 12.5. The fourth-order valence-corrected chi connectivity index (χ4v) is 3.53. The maximum atomic E-state index is 12.7. The van der Waals surface area contributed by atoms with Crippen molar-refractivity contribution in [1.82, 2.24) is 9.80 Å². The Morgan fingerprint density at radius 3 is 2.30 bits per heavy atom. The number of rotatable bonds is 3. The van der Waals surface area contributed by atoms with E-state index in [9.17, 15) is 14.7 Å². The summed E-state index contributed by atoms with van der Waals surface area (Å²) >= 11 is 0. The summed E-state index contributed by atoms with van der Waals surface area (Å²) in [4.78, 5) is 28.1. The number of carbonyl (C=O) groups is 2. The molecule has 1 aliphatic carbocycles. The minimum atomic E-state index is -0.802. The standard InChI is InChI=1S/C15H26N2O3/c1-16(2)11-6-5-9-17(10-11)14(18)12-7-3-4-8-13(12)15(19)20/h11-13H,3-10H2,1-2H3,(H,19,20). The van der Waals surface area contributed by atoms with Gasteiger partial charge in [0, 0.05) is 19.1 Å². The van der Waals surface area contributed by atoms with Crippen LogP contribution in [0.15, 0.2) is 0 Å². The van der Waals surface area contributed by atoms with Crippen molar-refractivity contribution in [3.05, 3.63) is 0 Å². The van der Waals surface area contributed by atoms with Gasteiger partial charge in [0.25, 0.3) is 0 Å². The Balaban J connectivity index is 2.03. The van der Waals surface area contributed by atoms with Crippen LogP contribution in [-0.4, -0.2) is 60.0 Å². The number of carboxylic acid groups (broad SMARTS) is 1. The Morgan fingerprint density at radius 1 is 1.05 bits per heavy atom. The van der Waals surface area contributed by atoms with Gasteiger partial charge in [-0.2, -0.15) is 0 Å². The molecule has 0 aromatic carbocycles. The lowest BCUT2D eigenvalue weighted by atomic mass is 9.78. The van der Waals surface area contributed by atoms with E-state index in [1.807, 2.05) is 19.0 Å². The van der Waals surface area contributed by atoms with Gasteiger partial charge in [0.2, 0.25) is 5.91 Å². The van der Waals surface area contributed by atoms with Crippen LogP contribution in [0.25, 0.3) is 0 Å². The molecule has 0 aromatic rings. The van der Waals surface area contributed by atoms with Crippen LogP contribution in [0.2, 0.25) is 0 Å². The number of likely N-dealkylation sites (N-methyl/N-ethyl adjacent to an activating group) is 1. The molecule has 1 heterocycles. The molecular weight excluding hydrogens is 256 g/mol. The van der Waals surface area contributed by atoms with Gasteiger partial charge in [0.1, 0.15) is 0 Å². The van der Waals surface area contributed by atoms with Crippen molar-refractivity contribution in [1.29, 1.82) is 0 Å². The van der Waals surface area contributed by atoms with Gasteiger partial charge in [-0.15, -0.1) is 0 Å². The van der Waals surface area contributed by atoms with Crippen molar-refractivity contribution >= 4 is 11.9 Å². The zero-order valence-electron chi connectivity index (χ0n) is 12.5. The molecule has 114 valence electrons. The summed E-state index contributed by atoms with van der Waals surface area (Å²) in [5.41, 5.74) is 0. The summed E-state index contributed by atoms with van der Waals surface area (Å²) in [5.74, 6) is -1.51. The molecule has 2 aliphatic rings. The highest BCUT2D eigenvalue weighted by atomic mass is 16.4. The molecule has 3 unspecified atom stereocenters. The SMILES string of the molecule is CN(C)C1CCCN(C(=O)C2CCCCC2C(=O)O)C1.